The number of hydrogen-bond acceptors (Lipinski definition) is 8. The van der Waals surface area contributed by atoms with Crippen LogP contribution in [0.15, 0.2) is 94.1 Å². The first kappa shape index (κ1) is 27.9. The van der Waals surface area contributed by atoms with Crippen molar-refractivity contribution in [3.05, 3.63) is 117 Å². The van der Waals surface area contributed by atoms with Crippen molar-refractivity contribution in [2.24, 2.45) is 0 Å². The lowest BCUT2D eigenvalue weighted by atomic mass is 9.86. The fourth-order valence-corrected chi connectivity index (χ4v) is 5.52. The van der Waals surface area contributed by atoms with E-state index < -0.39 is 23.1 Å². The van der Waals surface area contributed by atoms with Crippen LogP contribution in [0.2, 0.25) is 0 Å². The third-order valence-electron chi connectivity index (χ3n) is 7.70. The Kier molecular flexibility index (Phi) is 7.75. The Labute approximate surface area is 247 Å². The van der Waals surface area contributed by atoms with Crippen LogP contribution in [-0.4, -0.2) is 36.5 Å². The number of carbonyl (C=O) groups is 1. The van der Waals surface area contributed by atoms with Gasteiger partial charge >= 0.3 is 5.97 Å². The number of esters is 1. The first-order valence-corrected chi connectivity index (χ1v) is 14.0. The minimum Gasteiger partial charge on any atom is -0.507 e. The Morgan fingerprint density at radius 1 is 0.953 bits per heavy atom. The summed E-state index contributed by atoms with van der Waals surface area (Å²) in [5.74, 6) is -0.151. The van der Waals surface area contributed by atoms with Crippen LogP contribution in [0, 0.1) is 0 Å². The molecule has 8 heteroatoms. The van der Waals surface area contributed by atoms with E-state index in [0.29, 0.717) is 23.5 Å². The topological polar surface area (TPSA) is 115 Å². The van der Waals surface area contributed by atoms with Gasteiger partial charge in [0, 0.05) is 42.0 Å². The SMILES string of the molecule is COC(=O)C[C@@H](c1ccc(OCCc2ccc3c(c2)CCO3)cc1)c1c(O)cc(O)c2c(=O)cc(-c3ccccc3)oc12. The normalized spacial score (nSPS) is 12.9. The molecule has 4 aromatic carbocycles. The van der Waals surface area contributed by atoms with E-state index >= 15 is 0 Å². The molecular formula is C35H30O8. The summed E-state index contributed by atoms with van der Waals surface area (Å²) in [5.41, 5.74) is 3.41. The number of ether oxygens (including phenoxy) is 3. The molecule has 8 nitrogen and oxygen atoms in total. The van der Waals surface area contributed by atoms with Crippen molar-refractivity contribution in [3.63, 3.8) is 0 Å². The lowest BCUT2D eigenvalue weighted by Gasteiger charge is -2.20. The van der Waals surface area contributed by atoms with Crippen molar-refractivity contribution in [1.29, 1.82) is 0 Å². The smallest absolute Gasteiger partial charge is 0.306 e. The van der Waals surface area contributed by atoms with E-state index in [4.69, 9.17) is 18.6 Å². The molecule has 0 radical (unpaired) electrons. The molecule has 0 unspecified atom stereocenters. The molecule has 0 saturated heterocycles. The second-order valence-electron chi connectivity index (χ2n) is 10.4. The zero-order valence-electron chi connectivity index (χ0n) is 23.5. The summed E-state index contributed by atoms with van der Waals surface area (Å²) < 4.78 is 22.7. The average Bonchev–Trinajstić information content (AvgIpc) is 3.49. The van der Waals surface area contributed by atoms with Crippen LogP contribution in [0.5, 0.6) is 23.0 Å². The zero-order valence-corrected chi connectivity index (χ0v) is 23.5. The predicted molar refractivity (Wildman–Crippen MR) is 161 cm³/mol. The second kappa shape index (κ2) is 11.9. The highest BCUT2D eigenvalue weighted by Gasteiger charge is 2.28. The maximum Gasteiger partial charge on any atom is 0.306 e. The van der Waals surface area contributed by atoms with Gasteiger partial charge in [-0.05, 0) is 34.9 Å². The summed E-state index contributed by atoms with van der Waals surface area (Å²) >= 11 is 0. The molecule has 6 rings (SSSR count). The van der Waals surface area contributed by atoms with Gasteiger partial charge in [0.2, 0.25) is 0 Å². The number of phenolic OH excluding ortho intramolecular Hbond substituents is 2. The van der Waals surface area contributed by atoms with Gasteiger partial charge in [0.05, 0.1) is 26.7 Å². The quantitative estimate of drug-likeness (QED) is 0.201. The van der Waals surface area contributed by atoms with Crippen LogP contribution in [0.4, 0.5) is 0 Å². The minimum atomic E-state index is -0.757. The lowest BCUT2D eigenvalue weighted by Crippen LogP contribution is -2.12. The second-order valence-corrected chi connectivity index (χ2v) is 10.4. The third kappa shape index (κ3) is 5.77. The summed E-state index contributed by atoms with van der Waals surface area (Å²) in [5, 5.41) is 21.6. The molecule has 1 aliphatic rings. The van der Waals surface area contributed by atoms with Crippen LogP contribution in [0.3, 0.4) is 0 Å². The van der Waals surface area contributed by atoms with Crippen molar-refractivity contribution in [2.45, 2.75) is 25.2 Å². The minimum absolute atomic E-state index is 0.00201. The third-order valence-corrected chi connectivity index (χ3v) is 7.70. The molecule has 2 heterocycles. The van der Waals surface area contributed by atoms with E-state index in [2.05, 4.69) is 6.07 Å². The number of hydrogen-bond donors (Lipinski definition) is 2. The highest BCUT2D eigenvalue weighted by atomic mass is 16.5. The number of carbonyl (C=O) groups excluding carboxylic acids is 1. The highest BCUT2D eigenvalue weighted by Crippen LogP contribution is 2.43. The predicted octanol–water partition coefficient (Wildman–Crippen LogP) is 6.12. The van der Waals surface area contributed by atoms with Crippen molar-refractivity contribution in [3.8, 4) is 34.3 Å². The van der Waals surface area contributed by atoms with Gasteiger partial charge in [0.25, 0.3) is 0 Å². The number of aromatic hydroxyl groups is 2. The van der Waals surface area contributed by atoms with Gasteiger partial charge < -0.3 is 28.8 Å². The molecule has 2 N–H and O–H groups in total. The summed E-state index contributed by atoms with van der Waals surface area (Å²) in [7, 11) is 1.28. The van der Waals surface area contributed by atoms with Crippen molar-refractivity contribution in [2.75, 3.05) is 20.3 Å². The Bertz CT molecular complexity index is 1840. The van der Waals surface area contributed by atoms with Crippen LogP contribution >= 0.6 is 0 Å². The number of phenols is 2. The largest absolute Gasteiger partial charge is 0.507 e. The van der Waals surface area contributed by atoms with E-state index in [0.717, 1.165) is 31.3 Å². The van der Waals surface area contributed by atoms with E-state index in [1.165, 1.54) is 24.3 Å². The molecule has 0 aliphatic carbocycles. The van der Waals surface area contributed by atoms with Crippen molar-refractivity contribution >= 4 is 16.9 Å². The Morgan fingerprint density at radius 2 is 1.74 bits per heavy atom. The van der Waals surface area contributed by atoms with Gasteiger partial charge in [-0.25, -0.2) is 0 Å². The molecule has 0 spiro atoms. The molecule has 0 saturated carbocycles. The molecule has 0 bridgehead atoms. The maximum atomic E-state index is 13.2. The van der Waals surface area contributed by atoms with Crippen molar-refractivity contribution < 1.29 is 33.6 Å². The first-order valence-electron chi connectivity index (χ1n) is 14.0. The molecule has 5 aromatic rings. The lowest BCUT2D eigenvalue weighted by molar-refractivity contribution is -0.140. The van der Waals surface area contributed by atoms with E-state index in [1.54, 1.807) is 36.4 Å². The number of methoxy groups -OCH3 is 1. The first-order chi connectivity index (χ1) is 20.9. The van der Waals surface area contributed by atoms with Crippen LogP contribution < -0.4 is 14.9 Å². The molecular weight excluding hydrogens is 548 g/mol. The summed E-state index contributed by atoms with van der Waals surface area (Å²) in [6, 6.07) is 24.8. The Morgan fingerprint density at radius 3 is 2.51 bits per heavy atom. The molecule has 1 atom stereocenters. The fraction of sp³-hybridized carbons (Fsp3) is 0.200. The van der Waals surface area contributed by atoms with Gasteiger partial charge in [-0.3, -0.25) is 9.59 Å². The van der Waals surface area contributed by atoms with Crippen molar-refractivity contribution in [1.82, 2.24) is 0 Å². The van der Waals surface area contributed by atoms with E-state index in [-0.39, 0.29) is 34.5 Å². The Balaban J connectivity index is 1.32. The van der Waals surface area contributed by atoms with Gasteiger partial charge in [-0.15, -0.1) is 0 Å². The molecule has 0 fully saturated rings. The summed E-state index contributed by atoms with van der Waals surface area (Å²) in [6.07, 6.45) is 1.50. The van der Waals surface area contributed by atoms with Crippen LogP contribution in [-0.2, 0) is 22.4 Å². The highest BCUT2D eigenvalue weighted by molar-refractivity contribution is 5.90. The van der Waals surface area contributed by atoms with E-state index in [9.17, 15) is 19.8 Å². The zero-order chi connectivity index (χ0) is 29.9. The maximum absolute atomic E-state index is 13.2. The molecule has 0 amide bonds. The molecule has 43 heavy (non-hydrogen) atoms. The number of benzene rings is 4. The van der Waals surface area contributed by atoms with Gasteiger partial charge in [-0.2, -0.15) is 0 Å². The molecule has 1 aromatic heterocycles. The molecule has 1 aliphatic heterocycles. The number of fused-ring (bicyclic) bond motifs is 2. The van der Waals surface area contributed by atoms with Gasteiger partial charge in [0.15, 0.2) is 5.43 Å². The molecule has 218 valence electrons. The summed E-state index contributed by atoms with van der Waals surface area (Å²) in [6.45, 7) is 1.19. The average molecular weight is 579 g/mol. The monoisotopic (exact) mass is 578 g/mol. The number of rotatable bonds is 9. The Hall–Kier alpha value is -5.24. The van der Waals surface area contributed by atoms with Gasteiger partial charge in [-0.1, -0.05) is 54.6 Å². The van der Waals surface area contributed by atoms with E-state index in [1.807, 2.05) is 30.3 Å². The standard InChI is InChI=1S/C35H30O8/c1-40-32(39)18-26(22-8-10-25(11-9-22)41-15-13-21-7-12-30-24(17-21)14-16-42-30)33-27(36)19-28(37)34-29(38)20-31(43-35(33)34)23-5-3-2-4-6-23/h2-12,17,19-20,26,36-37H,13-16,18H2,1H3/t26-/m0/s1. The van der Waals surface area contributed by atoms with Crippen LogP contribution in [0.1, 0.15) is 34.6 Å². The fourth-order valence-electron chi connectivity index (χ4n) is 5.52. The van der Waals surface area contributed by atoms with Gasteiger partial charge in [0.1, 0.15) is 39.7 Å². The summed E-state index contributed by atoms with van der Waals surface area (Å²) in [4.78, 5) is 25.8. The van der Waals surface area contributed by atoms with Crippen LogP contribution in [0.25, 0.3) is 22.3 Å².